The highest BCUT2D eigenvalue weighted by atomic mass is 16.6. The van der Waals surface area contributed by atoms with Gasteiger partial charge in [0.1, 0.15) is 11.3 Å². The molecule has 4 nitrogen and oxygen atoms in total. The molecule has 2 radical (unpaired) electrons. The molecule has 0 aromatic rings. The summed E-state index contributed by atoms with van der Waals surface area (Å²) in [5, 5.41) is 3.34. The highest BCUT2D eigenvalue weighted by Crippen LogP contribution is 2.68. The first kappa shape index (κ1) is 9.15. The van der Waals surface area contributed by atoms with E-state index in [4.69, 9.17) is 22.1 Å². The number of hydrogen-bond acceptors (Lipinski definition) is 4. The van der Waals surface area contributed by atoms with E-state index in [2.05, 4.69) is 5.32 Å². The second-order valence-corrected chi connectivity index (χ2v) is 4.45. The third kappa shape index (κ3) is 0.769. The van der Waals surface area contributed by atoms with Crippen molar-refractivity contribution < 1.29 is 14.2 Å². The van der Waals surface area contributed by atoms with Crippen molar-refractivity contribution in [3.63, 3.8) is 0 Å². The van der Waals surface area contributed by atoms with Crippen molar-refractivity contribution in [2.24, 2.45) is 5.92 Å². The lowest BCUT2D eigenvalue weighted by Gasteiger charge is -2.32. The zero-order valence-corrected chi connectivity index (χ0v) is 8.45. The summed E-state index contributed by atoms with van der Waals surface area (Å²) in [5.41, 5.74) is -0.622. The molecule has 14 heavy (non-hydrogen) atoms. The third-order valence-electron chi connectivity index (χ3n) is 3.79. The van der Waals surface area contributed by atoms with Gasteiger partial charge in [0, 0.05) is 26.7 Å². The topological polar surface area (TPSA) is 39.7 Å². The van der Waals surface area contributed by atoms with E-state index >= 15 is 0 Å². The highest BCUT2D eigenvalue weighted by Gasteiger charge is 2.81. The maximum atomic E-state index is 5.99. The van der Waals surface area contributed by atoms with Crippen LogP contribution in [0.5, 0.6) is 0 Å². The first-order chi connectivity index (χ1) is 6.70. The number of nitrogens with one attached hydrogen (secondary N) is 1. The van der Waals surface area contributed by atoms with Crippen LogP contribution >= 0.6 is 0 Å². The molecule has 3 rings (SSSR count). The summed E-state index contributed by atoms with van der Waals surface area (Å²) in [7, 11) is 9.35. The van der Waals surface area contributed by atoms with Gasteiger partial charge in [0.15, 0.2) is 0 Å². The van der Waals surface area contributed by atoms with Gasteiger partial charge in [-0.25, -0.2) is 0 Å². The molecule has 2 bridgehead atoms. The molecule has 2 aliphatic heterocycles. The van der Waals surface area contributed by atoms with Crippen molar-refractivity contribution in [1.82, 2.24) is 5.32 Å². The SMILES string of the molecule is [B][C@H]1C2C(OC)[C@@]3(COC)CNC21O3. The predicted octanol–water partition coefficient (Wildman–Crippen LogP) is -0.697. The summed E-state index contributed by atoms with van der Waals surface area (Å²) in [6, 6.07) is 0. The van der Waals surface area contributed by atoms with Gasteiger partial charge in [0.2, 0.25) is 0 Å². The molecule has 2 saturated heterocycles. The molecule has 0 amide bonds. The van der Waals surface area contributed by atoms with Gasteiger partial charge in [-0.15, -0.1) is 0 Å². The van der Waals surface area contributed by atoms with Gasteiger partial charge in [0.25, 0.3) is 0 Å². The fraction of sp³-hybridized carbons (Fsp3) is 1.00. The molecule has 76 valence electrons. The van der Waals surface area contributed by atoms with Crippen molar-refractivity contribution in [3.05, 3.63) is 0 Å². The number of piperidine rings is 1. The van der Waals surface area contributed by atoms with Crippen LogP contribution in [0.4, 0.5) is 0 Å². The van der Waals surface area contributed by atoms with Gasteiger partial charge < -0.3 is 14.2 Å². The normalized spacial score (nSPS) is 58.9. The van der Waals surface area contributed by atoms with Crippen LogP contribution in [0.2, 0.25) is 5.82 Å². The zero-order valence-electron chi connectivity index (χ0n) is 8.45. The van der Waals surface area contributed by atoms with E-state index in [-0.39, 0.29) is 29.2 Å². The standard InChI is InChI=1S/C9H14BNO3/c1-12-4-8-3-11-9(14-8)5(6(9)10)7(8)13-2/h5-7,11H,3-4H2,1-2H3/t5?,6-,7?,8-,9?/m0/s1. The number of hydrogen-bond donors (Lipinski definition) is 1. The van der Waals surface area contributed by atoms with Gasteiger partial charge in [-0.1, -0.05) is 0 Å². The highest BCUT2D eigenvalue weighted by molar-refractivity contribution is 6.15. The lowest BCUT2D eigenvalue weighted by molar-refractivity contribution is -0.117. The van der Waals surface area contributed by atoms with E-state index in [1.54, 1.807) is 14.2 Å². The molecule has 5 heteroatoms. The average Bonchev–Trinajstić information content (AvgIpc) is 2.57. The van der Waals surface area contributed by atoms with Gasteiger partial charge in [-0.2, -0.15) is 0 Å². The quantitative estimate of drug-likeness (QED) is 0.604. The molecule has 3 fully saturated rings. The fourth-order valence-electron chi connectivity index (χ4n) is 3.15. The molecule has 0 aromatic heterocycles. The number of methoxy groups -OCH3 is 2. The van der Waals surface area contributed by atoms with E-state index in [1.165, 1.54) is 0 Å². The van der Waals surface area contributed by atoms with E-state index in [0.717, 1.165) is 6.54 Å². The van der Waals surface area contributed by atoms with E-state index in [0.29, 0.717) is 6.61 Å². The number of rotatable bonds is 3. The lowest BCUT2D eigenvalue weighted by atomic mass is 9.89. The molecule has 1 aliphatic carbocycles. The molecule has 1 saturated carbocycles. The maximum Gasteiger partial charge on any atom is 0.133 e. The molecule has 1 N–H and O–H groups in total. The van der Waals surface area contributed by atoms with Crippen LogP contribution in [0, 0.1) is 5.92 Å². The predicted molar refractivity (Wildman–Crippen MR) is 50.2 cm³/mol. The van der Waals surface area contributed by atoms with Gasteiger partial charge in [-0.3, -0.25) is 5.32 Å². The zero-order chi connectivity index (χ0) is 9.97. The van der Waals surface area contributed by atoms with E-state index in [1.807, 2.05) is 0 Å². The minimum Gasteiger partial charge on any atom is -0.382 e. The van der Waals surface area contributed by atoms with E-state index in [9.17, 15) is 0 Å². The van der Waals surface area contributed by atoms with Crippen LogP contribution in [0.15, 0.2) is 0 Å². The Morgan fingerprint density at radius 2 is 2.36 bits per heavy atom. The Morgan fingerprint density at radius 1 is 1.57 bits per heavy atom. The number of fused-ring (bicyclic) bond motifs is 1. The van der Waals surface area contributed by atoms with Crippen molar-refractivity contribution in [3.8, 4) is 0 Å². The molecular formula is C9H14BNO3. The summed E-state index contributed by atoms with van der Waals surface area (Å²) >= 11 is 0. The van der Waals surface area contributed by atoms with Crippen molar-refractivity contribution in [2.75, 3.05) is 27.4 Å². The molecule has 5 atom stereocenters. The molecule has 3 aliphatic rings. The Kier molecular flexibility index (Phi) is 1.65. The molecular weight excluding hydrogens is 181 g/mol. The second-order valence-electron chi connectivity index (χ2n) is 4.45. The first-order valence-corrected chi connectivity index (χ1v) is 4.93. The Bertz CT molecular complexity index is 277. The monoisotopic (exact) mass is 195 g/mol. The largest absolute Gasteiger partial charge is 0.382 e. The smallest absolute Gasteiger partial charge is 0.133 e. The molecule has 1 spiro atoms. The number of ether oxygens (including phenoxy) is 3. The lowest BCUT2D eigenvalue weighted by Crippen LogP contribution is -2.51. The fourth-order valence-corrected chi connectivity index (χ4v) is 3.15. The molecule has 0 aromatic carbocycles. The van der Waals surface area contributed by atoms with Gasteiger partial charge in [0.05, 0.1) is 20.6 Å². The summed E-state index contributed by atoms with van der Waals surface area (Å²) in [6.45, 7) is 1.33. The third-order valence-corrected chi connectivity index (χ3v) is 3.79. The summed E-state index contributed by atoms with van der Waals surface area (Å²) in [6.07, 6.45) is 0.0682. The molecule has 2 heterocycles. The second kappa shape index (κ2) is 2.53. The van der Waals surface area contributed by atoms with Crippen molar-refractivity contribution in [1.29, 1.82) is 0 Å². The van der Waals surface area contributed by atoms with Gasteiger partial charge >= 0.3 is 0 Å². The Labute approximate surface area is 84.7 Å². The molecule has 3 unspecified atom stereocenters. The van der Waals surface area contributed by atoms with Crippen LogP contribution < -0.4 is 5.32 Å². The summed E-state index contributed by atoms with van der Waals surface area (Å²) in [4.78, 5) is 0. The summed E-state index contributed by atoms with van der Waals surface area (Å²) in [5.74, 6) is 0.358. The van der Waals surface area contributed by atoms with Crippen LogP contribution in [0.1, 0.15) is 0 Å². The van der Waals surface area contributed by atoms with Crippen LogP contribution in [-0.4, -0.2) is 52.6 Å². The minimum absolute atomic E-state index is 0.0682. The Balaban J connectivity index is 1.89. The van der Waals surface area contributed by atoms with Crippen LogP contribution in [0.3, 0.4) is 0 Å². The van der Waals surface area contributed by atoms with Crippen molar-refractivity contribution >= 4 is 7.85 Å². The Morgan fingerprint density at radius 3 is 3.00 bits per heavy atom. The van der Waals surface area contributed by atoms with Crippen LogP contribution in [-0.2, 0) is 14.2 Å². The van der Waals surface area contributed by atoms with E-state index < -0.39 is 0 Å². The van der Waals surface area contributed by atoms with Crippen molar-refractivity contribution in [2.45, 2.75) is 23.2 Å². The first-order valence-electron chi connectivity index (χ1n) is 4.93. The average molecular weight is 195 g/mol. The Hall–Kier alpha value is -0.0951. The summed E-state index contributed by atoms with van der Waals surface area (Å²) < 4.78 is 16.7. The van der Waals surface area contributed by atoms with Crippen LogP contribution in [0.25, 0.3) is 0 Å². The minimum atomic E-state index is -0.315. The maximum absolute atomic E-state index is 5.99. The van der Waals surface area contributed by atoms with Gasteiger partial charge in [-0.05, 0) is 5.82 Å².